The summed E-state index contributed by atoms with van der Waals surface area (Å²) in [7, 11) is 1.82. The Labute approximate surface area is 166 Å². The Bertz CT molecular complexity index is 715. The van der Waals surface area contributed by atoms with Crippen molar-refractivity contribution in [1.82, 2.24) is 10.6 Å². The lowest BCUT2D eigenvalue weighted by Crippen LogP contribution is -2.39. The van der Waals surface area contributed by atoms with Gasteiger partial charge in [0.05, 0.1) is 13.2 Å². The average Bonchev–Trinajstić information content (AvgIpc) is 3.23. The second-order valence-electron chi connectivity index (χ2n) is 6.74. The van der Waals surface area contributed by atoms with Gasteiger partial charge in [0.25, 0.3) is 0 Å². The zero-order valence-electron chi connectivity index (χ0n) is 16.0. The minimum Gasteiger partial charge on any atom is -0.372 e. The molecule has 0 aromatic heterocycles. The molecule has 2 N–H and O–H groups in total. The summed E-state index contributed by atoms with van der Waals surface area (Å²) in [5.41, 5.74) is 3.62. The van der Waals surface area contributed by atoms with Gasteiger partial charge in [0.1, 0.15) is 0 Å². The highest BCUT2D eigenvalue weighted by Crippen LogP contribution is 2.25. The van der Waals surface area contributed by atoms with Gasteiger partial charge in [0, 0.05) is 25.4 Å². The Kier molecular flexibility index (Phi) is 8.05. The van der Waals surface area contributed by atoms with Crippen LogP contribution in [0.1, 0.15) is 29.5 Å². The van der Waals surface area contributed by atoms with Crippen LogP contribution >= 0.6 is 11.8 Å². The van der Waals surface area contributed by atoms with Crippen molar-refractivity contribution in [3.8, 4) is 0 Å². The van der Waals surface area contributed by atoms with E-state index in [1.54, 1.807) is 0 Å². The summed E-state index contributed by atoms with van der Waals surface area (Å²) in [5.74, 6) is 2.16. The van der Waals surface area contributed by atoms with Gasteiger partial charge in [0.2, 0.25) is 0 Å². The molecular formula is C22H29N3OS. The van der Waals surface area contributed by atoms with E-state index in [9.17, 15) is 0 Å². The van der Waals surface area contributed by atoms with Crippen molar-refractivity contribution in [2.24, 2.45) is 4.99 Å². The quantitative estimate of drug-likeness (QED) is 0.535. The van der Waals surface area contributed by atoms with Crippen LogP contribution in [-0.4, -0.2) is 30.6 Å². The van der Waals surface area contributed by atoms with E-state index in [4.69, 9.17) is 4.74 Å². The molecule has 1 heterocycles. The average molecular weight is 384 g/mol. The van der Waals surface area contributed by atoms with Gasteiger partial charge in [0.15, 0.2) is 5.96 Å². The fourth-order valence-corrected chi connectivity index (χ4v) is 4.31. The van der Waals surface area contributed by atoms with Crippen molar-refractivity contribution in [2.75, 3.05) is 19.3 Å². The highest BCUT2D eigenvalue weighted by atomic mass is 32.2. The molecule has 5 heteroatoms. The molecule has 1 unspecified atom stereocenters. The molecule has 0 saturated carbocycles. The van der Waals surface area contributed by atoms with E-state index in [1.807, 2.05) is 25.2 Å². The Morgan fingerprint density at radius 1 is 1.04 bits per heavy atom. The number of nitrogens with zero attached hydrogens (tertiary/aromatic N) is 1. The first-order valence-electron chi connectivity index (χ1n) is 9.59. The van der Waals surface area contributed by atoms with Crippen molar-refractivity contribution >= 4 is 17.7 Å². The lowest BCUT2D eigenvalue weighted by Gasteiger charge is -2.15. The molecule has 0 radical (unpaired) electrons. The molecule has 0 amide bonds. The molecule has 3 rings (SSSR count). The molecular weight excluding hydrogens is 354 g/mol. The first-order chi connectivity index (χ1) is 13.3. The van der Waals surface area contributed by atoms with Gasteiger partial charge in [-0.15, -0.1) is 0 Å². The van der Waals surface area contributed by atoms with Crippen LogP contribution in [0.4, 0.5) is 0 Å². The minimum atomic E-state index is 0.620. The summed E-state index contributed by atoms with van der Waals surface area (Å²) in [4.78, 5) is 4.33. The summed E-state index contributed by atoms with van der Waals surface area (Å²) in [5, 5.41) is 7.57. The third kappa shape index (κ3) is 6.92. The first kappa shape index (κ1) is 19.8. The summed E-state index contributed by atoms with van der Waals surface area (Å²) in [6.45, 7) is 3.00. The van der Waals surface area contributed by atoms with E-state index in [1.165, 1.54) is 35.3 Å². The third-order valence-corrected chi connectivity index (χ3v) is 5.97. The van der Waals surface area contributed by atoms with Crippen LogP contribution < -0.4 is 10.6 Å². The molecule has 1 atom stereocenters. The SMILES string of the molecule is CN=C(NCc1cccc(COCc2ccccc2)c1)NCC1CCCS1. The molecule has 2 aromatic rings. The molecule has 0 spiro atoms. The van der Waals surface area contributed by atoms with Crippen LogP contribution in [0, 0.1) is 0 Å². The zero-order chi connectivity index (χ0) is 18.7. The highest BCUT2D eigenvalue weighted by Gasteiger charge is 2.15. The topological polar surface area (TPSA) is 45.7 Å². The first-order valence-corrected chi connectivity index (χ1v) is 10.6. The maximum absolute atomic E-state index is 5.84. The Balaban J connectivity index is 1.42. The van der Waals surface area contributed by atoms with E-state index in [-0.39, 0.29) is 0 Å². The van der Waals surface area contributed by atoms with Gasteiger partial charge >= 0.3 is 0 Å². The van der Waals surface area contributed by atoms with Crippen molar-refractivity contribution in [3.05, 3.63) is 71.3 Å². The number of aliphatic imine (C=N–C) groups is 1. The predicted molar refractivity (Wildman–Crippen MR) is 115 cm³/mol. The normalized spacial score (nSPS) is 17.1. The van der Waals surface area contributed by atoms with Gasteiger partial charge in [-0.05, 0) is 35.3 Å². The summed E-state index contributed by atoms with van der Waals surface area (Å²) < 4.78 is 5.84. The summed E-state index contributed by atoms with van der Waals surface area (Å²) in [6, 6.07) is 18.8. The van der Waals surface area contributed by atoms with Gasteiger partial charge in [-0.3, -0.25) is 4.99 Å². The van der Waals surface area contributed by atoms with Gasteiger partial charge < -0.3 is 15.4 Å². The van der Waals surface area contributed by atoms with Crippen LogP contribution in [-0.2, 0) is 24.5 Å². The lowest BCUT2D eigenvalue weighted by molar-refractivity contribution is 0.107. The fourth-order valence-electron chi connectivity index (χ4n) is 3.11. The number of hydrogen-bond acceptors (Lipinski definition) is 3. The van der Waals surface area contributed by atoms with Gasteiger partial charge in [-0.25, -0.2) is 0 Å². The highest BCUT2D eigenvalue weighted by molar-refractivity contribution is 8.00. The number of benzene rings is 2. The molecule has 1 aliphatic rings. The van der Waals surface area contributed by atoms with Gasteiger partial charge in [-0.1, -0.05) is 54.6 Å². The number of nitrogens with one attached hydrogen (secondary N) is 2. The van der Waals surface area contributed by atoms with Crippen LogP contribution in [0.5, 0.6) is 0 Å². The molecule has 4 nitrogen and oxygen atoms in total. The smallest absolute Gasteiger partial charge is 0.191 e. The van der Waals surface area contributed by atoms with Crippen molar-refractivity contribution in [2.45, 2.75) is 37.9 Å². The number of guanidine groups is 1. The van der Waals surface area contributed by atoms with Gasteiger partial charge in [-0.2, -0.15) is 11.8 Å². The van der Waals surface area contributed by atoms with Crippen molar-refractivity contribution in [1.29, 1.82) is 0 Å². The molecule has 1 aliphatic heterocycles. The fraction of sp³-hybridized carbons (Fsp3) is 0.409. The molecule has 2 aromatic carbocycles. The summed E-state index contributed by atoms with van der Waals surface area (Å²) in [6.07, 6.45) is 2.64. The minimum absolute atomic E-state index is 0.620. The van der Waals surface area contributed by atoms with Crippen LogP contribution in [0.2, 0.25) is 0 Å². The second kappa shape index (κ2) is 11.0. The van der Waals surface area contributed by atoms with Crippen LogP contribution in [0.25, 0.3) is 0 Å². The molecule has 144 valence electrons. The maximum atomic E-state index is 5.84. The number of ether oxygens (including phenoxy) is 1. The van der Waals surface area contributed by atoms with E-state index in [0.29, 0.717) is 18.5 Å². The largest absolute Gasteiger partial charge is 0.372 e. The molecule has 1 fully saturated rings. The van der Waals surface area contributed by atoms with Crippen LogP contribution in [0.15, 0.2) is 59.6 Å². The molecule has 27 heavy (non-hydrogen) atoms. The molecule has 0 aliphatic carbocycles. The van der Waals surface area contributed by atoms with Crippen molar-refractivity contribution < 1.29 is 4.74 Å². The lowest BCUT2D eigenvalue weighted by atomic mass is 10.1. The molecule has 1 saturated heterocycles. The monoisotopic (exact) mass is 383 g/mol. The predicted octanol–water partition coefficient (Wildman–Crippen LogP) is 3.96. The second-order valence-corrected chi connectivity index (χ2v) is 8.15. The standard InChI is InChI=1S/C22H29N3OS/c1-23-22(25-15-21-11-6-12-27-21)24-14-19-9-5-10-20(13-19)17-26-16-18-7-3-2-4-8-18/h2-5,7-10,13,21H,6,11-12,14-17H2,1H3,(H2,23,24,25). The Morgan fingerprint density at radius 2 is 1.81 bits per heavy atom. The third-order valence-electron chi connectivity index (χ3n) is 4.58. The maximum Gasteiger partial charge on any atom is 0.191 e. The van der Waals surface area contributed by atoms with E-state index in [2.05, 4.69) is 63.8 Å². The van der Waals surface area contributed by atoms with E-state index < -0.39 is 0 Å². The number of rotatable bonds is 8. The number of hydrogen-bond donors (Lipinski definition) is 2. The van der Waals surface area contributed by atoms with E-state index >= 15 is 0 Å². The van der Waals surface area contributed by atoms with Crippen LogP contribution in [0.3, 0.4) is 0 Å². The zero-order valence-corrected chi connectivity index (χ0v) is 16.8. The van der Waals surface area contributed by atoms with E-state index in [0.717, 1.165) is 19.0 Å². The van der Waals surface area contributed by atoms with Crippen molar-refractivity contribution in [3.63, 3.8) is 0 Å². The Morgan fingerprint density at radius 3 is 2.59 bits per heavy atom. The summed E-state index contributed by atoms with van der Waals surface area (Å²) >= 11 is 2.06. The number of thioether (sulfide) groups is 1. The molecule has 0 bridgehead atoms. The Hall–Kier alpha value is -1.98.